The standard InChI is InChI=1S/C15H18N4O/c1-10(2)11-4-3-5-12(8-11)18-15(20)14-9-13(19-16)6-7-17-14/h3-10H,16H2,1-2H3,(H,17,19)(H,18,20). The largest absolute Gasteiger partial charge is 0.324 e. The molecule has 0 fully saturated rings. The highest BCUT2D eigenvalue weighted by Crippen LogP contribution is 2.19. The molecule has 0 bridgehead atoms. The number of nitrogen functional groups attached to an aromatic ring is 1. The summed E-state index contributed by atoms with van der Waals surface area (Å²) in [7, 11) is 0. The number of hydrogen-bond acceptors (Lipinski definition) is 4. The van der Waals surface area contributed by atoms with E-state index < -0.39 is 0 Å². The van der Waals surface area contributed by atoms with E-state index in [-0.39, 0.29) is 5.91 Å². The number of nitrogens with two attached hydrogens (primary N) is 1. The summed E-state index contributed by atoms with van der Waals surface area (Å²) < 4.78 is 0. The van der Waals surface area contributed by atoms with E-state index >= 15 is 0 Å². The molecular weight excluding hydrogens is 252 g/mol. The molecule has 5 nitrogen and oxygen atoms in total. The smallest absolute Gasteiger partial charge is 0.274 e. The first kappa shape index (κ1) is 14.0. The van der Waals surface area contributed by atoms with E-state index in [0.717, 1.165) is 5.69 Å². The maximum absolute atomic E-state index is 12.1. The average molecular weight is 270 g/mol. The second-order valence-corrected chi connectivity index (χ2v) is 4.81. The lowest BCUT2D eigenvalue weighted by molar-refractivity contribution is 0.102. The van der Waals surface area contributed by atoms with Crippen molar-refractivity contribution in [2.75, 3.05) is 10.7 Å². The molecule has 0 saturated heterocycles. The van der Waals surface area contributed by atoms with Gasteiger partial charge in [-0.15, -0.1) is 0 Å². The van der Waals surface area contributed by atoms with Gasteiger partial charge in [0.15, 0.2) is 0 Å². The maximum atomic E-state index is 12.1. The first-order chi connectivity index (χ1) is 9.60. The molecule has 0 atom stereocenters. The summed E-state index contributed by atoms with van der Waals surface area (Å²) in [4.78, 5) is 16.2. The van der Waals surface area contributed by atoms with Crippen LogP contribution in [-0.2, 0) is 0 Å². The van der Waals surface area contributed by atoms with Crippen LogP contribution in [0.5, 0.6) is 0 Å². The van der Waals surface area contributed by atoms with Crippen LogP contribution in [0.15, 0.2) is 42.6 Å². The lowest BCUT2D eigenvalue weighted by atomic mass is 10.0. The average Bonchev–Trinajstić information content (AvgIpc) is 2.47. The van der Waals surface area contributed by atoms with Crippen molar-refractivity contribution in [2.45, 2.75) is 19.8 Å². The van der Waals surface area contributed by atoms with Gasteiger partial charge in [-0.1, -0.05) is 26.0 Å². The van der Waals surface area contributed by atoms with Gasteiger partial charge in [0.2, 0.25) is 0 Å². The SMILES string of the molecule is CC(C)c1cccc(NC(=O)c2cc(NN)ccn2)c1. The van der Waals surface area contributed by atoms with Gasteiger partial charge in [0.25, 0.3) is 5.91 Å². The first-order valence-electron chi connectivity index (χ1n) is 6.44. The van der Waals surface area contributed by atoms with E-state index in [4.69, 9.17) is 5.84 Å². The van der Waals surface area contributed by atoms with Crippen molar-refractivity contribution in [1.29, 1.82) is 0 Å². The monoisotopic (exact) mass is 270 g/mol. The number of carbonyl (C=O) groups is 1. The van der Waals surface area contributed by atoms with E-state index in [1.54, 1.807) is 12.1 Å². The van der Waals surface area contributed by atoms with E-state index in [0.29, 0.717) is 17.3 Å². The number of nitrogens with one attached hydrogen (secondary N) is 2. The highest BCUT2D eigenvalue weighted by atomic mass is 16.1. The van der Waals surface area contributed by atoms with Crippen molar-refractivity contribution in [2.24, 2.45) is 5.84 Å². The summed E-state index contributed by atoms with van der Waals surface area (Å²) in [5, 5.41) is 2.83. The molecule has 2 rings (SSSR count). The number of aromatic nitrogens is 1. The number of pyridine rings is 1. The molecule has 1 heterocycles. The summed E-state index contributed by atoms with van der Waals surface area (Å²) in [6, 6.07) is 11.1. The van der Waals surface area contributed by atoms with E-state index in [1.165, 1.54) is 11.8 Å². The number of carbonyl (C=O) groups excluding carboxylic acids is 1. The summed E-state index contributed by atoms with van der Waals surface area (Å²) in [5.41, 5.74) is 5.38. The third kappa shape index (κ3) is 3.33. The van der Waals surface area contributed by atoms with Crippen molar-refractivity contribution >= 4 is 17.3 Å². The Balaban J connectivity index is 2.16. The number of benzene rings is 1. The quantitative estimate of drug-likeness (QED) is 0.589. The summed E-state index contributed by atoms with van der Waals surface area (Å²) >= 11 is 0. The molecule has 104 valence electrons. The van der Waals surface area contributed by atoms with Gasteiger partial charge in [0.1, 0.15) is 5.69 Å². The molecule has 0 radical (unpaired) electrons. The fourth-order valence-electron chi connectivity index (χ4n) is 1.82. The molecule has 0 aliphatic heterocycles. The zero-order valence-electron chi connectivity index (χ0n) is 11.6. The number of hydrazine groups is 1. The van der Waals surface area contributed by atoms with Crippen LogP contribution >= 0.6 is 0 Å². The van der Waals surface area contributed by atoms with Gasteiger partial charge < -0.3 is 10.7 Å². The predicted molar refractivity (Wildman–Crippen MR) is 80.5 cm³/mol. The molecule has 1 aromatic carbocycles. The molecule has 0 aliphatic rings. The Morgan fingerprint density at radius 3 is 2.70 bits per heavy atom. The van der Waals surface area contributed by atoms with Gasteiger partial charge in [-0.3, -0.25) is 15.6 Å². The molecule has 0 spiro atoms. The molecule has 0 unspecified atom stereocenters. The van der Waals surface area contributed by atoms with Gasteiger partial charge in [0, 0.05) is 11.9 Å². The number of rotatable bonds is 4. The second kappa shape index (κ2) is 6.16. The van der Waals surface area contributed by atoms with Crippen molar-refractivity contribution in [3.05, 3.63) is 53.9 Å². The van der Waals surface area contributed by atoms with Crippen LogP contribution < -0.4 is 16.6 Å². The molecule has 1 amide bonds. The minimum atomic E-state index is -0.261. The second-order valence-electron chi connectivity index (χ2n) is 4.81. The molecule has 5 heteroatoms. The van der Waals surface area contributed by atoms with Crippen LogP contribution in [0.2, 0.25) is 0 Å². The van der Waals surface area contributed by atoms with Crippen molar-refractivity contribution in [3.63, 3.8) is 0 Å². The van der Waals surface area contributed by atoms with Gasteiger partial charge in [-0.2, -0.15) is 0 Å². The zero-order valence-corrected chi connectivity index (χ0v) is 11.6. The summed E-state index contributed by atoms with van der Waals surface area (Å²) in [6.45, 7) is 4.22. The normalized spacial score (nSPS) is 10.4. The molecule has 2 aromatic rings. The fraction of sp³-hybridized carbons (Fsp3) is 0.200. The summed E-state index contributed by atoms with van der Waals surface area (Å²) in [5.74, 6) is 5.47. The predicted octanol–water partition coefficient (Wildman–Crippen LogP) is 2.74. The van der Waals surface area contributed by atoms with Crippen LogP contribution in [0.25, 0.3) is 0 Å². The van der Waals surface area contributed by atoms with Crippen molar-refractivity contribution in [3.8, 4) is 0 Å². The third-order valence-electron chi connectivity index (χ3n) is 2.97. The Kier molecular flexibility index (Phi) is 4.32. The van der Waals surface area contributed by atoms with Gasteiger partial charge in [0.05, 0.1) is 5.69 Å². The molecular formula is C15H18N4O. The Hall–Kier alpha value is -2.40. The fourth-order valence-corrected chi connectivity index (χ4v) is 1.82. The molecule has 4 N–H and O–H groups in total. The molecule has 1 aromatic heterocycles. The molecule has 0 saturated carbocycles. The van der Waals surface area contributed by atoms with Crippen LogP contribution in [0.1, 0.15) is 35.8 Å². The minimum Gasteiger partial charge on any atom is -0.324 e. The van der Waals surface area contributed by atoms with Crippen LogP contribution in [0.3, 0.4) is 0 Å². The van der Waals surface area contributed by atoms with Gasteiger partial charge in [-0.25, -0.2) is 0 Å². The van der Waals surface area contributed by atoms with Crippen LogP contribution in [0, 0.1) is 0 Å². The van der Waals surface area contributed by atoms with E-state index in [9.17, 15) is 4.79 Å². The number of hydrogen-bond donors (Lipinski definition) is 3. The number of anilines is 2. The van der Waals surface area contributed by atoms with Crippen molar-refractivity contribution < 1.29 is 4.79 Å². The van der Waals surface area contributed by atoms with E-state index in [2.05, 4.69) is 29.6 Å². The lowest BCUT2D eigenvalue weighted by Gasteiger charge is -2.09. The van der Waals surface area contributed by atoms with E-state index in [1.807, 2.05) is 24.3 Å². The van der Waals surface area contributed by atoms with Gasteiger partial charge >= 0.3 is 0 Å². The highest BCUT2D eigenvalue weighted by molar-refractivity contribution is 6.03. The number of amides is 1. The lowest BCUT2D eigenvalue weighted by Crippen LogP contribution is -2.15. The number of nitrogens with zero attached hydrogens (tertiary/aromatic N) is 1. The minimum absolute atomic E-state index is 0.261. The highest BCUT2D eigenvalue weighted by Gasteiger charge is 2.09. The van der Waals surface area contributed by atoms with Gasteiger partial charge in [-0.05, 0) is 35.7 Å². The topological polar surface area (TPSA) is 80.0 Å². The zero-order chi connectivity index (χ0) is 14.5. The van der Waals surface area contributed by atoms with Crippen molar-refractivity contribution in [1.82, 2.24) is 4.98 Å². The summed E-state index contributed by atoms with van der Waals surface area (Å²) in [6.07, 6.45) is 1.54. The Morgan fingerprint density at radius 2 is 2.00 bits per heavy atom. The van der Waals surface area contributed by atoms with Crippen LogP contribution in [0.4, 0.5) is 11.4 Å². The Labute approximate surface area is 118 Å². The Bertz CT molecular complexity index is 610. The molecule has 0 aliphatic carbocycles. The Morgan fingerprint density at radius 1 is 1.20 bits per heavy atom. The third-order valence-corrected chi connectivity index (χ3v) is 2.97. The first-order valence-corrected chi connectivity index (χ1v) is 6.44. The molecule has 20 heavy (non-hydrogen) atoms. The van der Waals surface area contributed by atoms with Crippen LogP contribution in [-0.4, -0.2) is 10.9 Å². The maximum Gasteiger partial charge on any atom is 0.274 e.